The van der Waals surface area contributed by atoms with Gasteiger partial charge in [-0.25, -0.2) is 4.39 Å². The fourth-order valence-corrected chi connectivity index (χ4v) is 2.17. The van der Waals surface area contributed by atoms with Crippen LogP contribution in [0.5, 0.6) is 0 Å². The maximum atomic E-state index is 12.7. The van der Waals surface area contributed by atoms with E-state index in [1.807, 2.05) is 17.5 Å². The Morgan fingerprint density at radius 2 is 1.95 bits per heavy atom. The first-order valence-corrected chi connectivity index (χ1v) is 6.75. The van der Waals surface area contributed by atoms with Gasteiger partial charge >= 0.3 is 5.97 Å². The minimum Gasteiger partial charge on any atom is -0.455 e. The molecular formula is C14H12FNO3S. The highest BCUT2D eigenvalue weighted by Gasteiger charge is 2.09. The van der Waals surface area contributed by atoms with E-state index in [1.54, 1.807) is 0 Å². The lowest BCUT2D eigenvalue weighted by molar-refractivity contribution is -0.146. The summed E-state index contributed by atoms with van der Waals surface area (Å²) in [4.78, 5) is 23.9. The highest BCUT2D eigenvalue weighted by molar-refractivity contribution is 7.10. The normalized spacial score (nSPS) is 10.1. The van der Waals surface area contributed by atoms with Gasteiger partial charge in [0.05, 0.1) is 6.42 Å². The largest absolute Gasteiger partial charge is 0.455 e. The summed E-state index contributed by atoms with van der Waals surface area (Å²) in [7, 11) is 0. The molecule has 104 valence electrons. The van der Waals surface area contributed by atoms with E-state index in [0.717, 1.165) is 4.88 Å². The molecule has 0 radical (unpaired) electrons. The van der Waals surface area contributed by atoms with Gasteiger partial charge in [0.2, 0.25) is 0 Å². The van der Waals surface area contributed by atoms with Crippen molar-refractivity contribution in [3.05, 3.63) is 52.5 Å². The first-order chi connectivity index (χ1) is 9.63. The first kappa shape index (κ1) is 14.2. The van der Waals surface area contributed by atoms with Gasteiger partial charge in [-0.1, -0.05) is 6.07 Å². The van der Waals surface area contributed by atoms with Gasteiger partial charge in [-0.15, -0.1) is 11.3 Å². The lowest BCUT2D eigenvalue weighted by Crippen LogP contribution is -2.21. The van der Waals surface area contributed by atoms with Crippen LogP contribution in [0.1, 0.15) is 4.88 Å². The van der Waals surface area contributed by atoms with Crippen LogP contribution in [0.4, 0.5) is 10.1 Å². The topological polar surface area (TPSA) is 55.4 Å². The molecule has 0 bridgehead atoms. The predicted molar refractivity (Wildman–Crippen MR) is 74.0 cm³/mol. The molecule has 6 heteroatoms. The van der Waals surface area contributed by atoms with Gasteiger partial charge in [-0.2, -0.15) is 0 Å². The highest BCUT2D eigenvalue weighted by atomic mass is 32.1. The monoisotopic (exact) mass is 293 g/mol. The number of esters is 1. The van der Waals surface area contributed by atoms with E-state index in [2.05, 4.69) is 5.32 Å². The quantitative estimate of drug-likeness (QED) is 0.862. The van der Waals surface area contributed by atoms with Crippen molar-refractivity contribution in [1.29, 1.82) is 0 Å². The minimum absolute atomic E-state index is 0.154. The van der Waals surface area contributed by atoms with Gasteiger partial charge in [0, 0.05) is 10.6 Å². The second-order valence-corrected chi connectivity index (χ2v) is 5.00. The number of ether oxygens (including phenoxy) is 1. The number of carbonyl (C=O) groups is 2. The molecular weight excluding hydrogens is 281 g/mol. The van der Waals surface area contributed by atoms with E-state index in [0.29, 0.717) is 5.69 Å². The van der Waals surface area contributed by atoms with Crippen molar-refractivity contribution in [3.8, 4) is 0 Å². The van der Waals surface area contributed by atoms with Crippen molar-refractivity contribution < 1.29 is 18.7 Å². The predicted octanol–water partition coefficient (Wildman–Crippen LogP) is 2.61. The van der Waals surface area contributed by atoms with Crippen LogP contribution in [0.2, 0.25) is 0 Å². The average molecular weight is 293 g/mol. The maximum absolute atomic E-state index is 12.7. The molecule has 1 amide bonds. The molecule has 1 N–H and O–H groups in total. The summed E-state index contributed by atoms with van der Waals surface area (Å²) >= 11 is 1.45. The zero-order valence-electron chi connectivity index (χ0n) is 10.5. The highest BCUT2D eigenvalue weighted by Crippen LogP contribution is 2.10. The molecule has 1 heterocycles. The second-order valence-electron chi connectivity index (χ2n) is 3.97. The van der Waals surface area contributed by atoms with E-state index in [4.69, 9.17) is 4.74 Å². The standard InChI is InChI=1S/C14H12FNO3S/c15-10-3-5-11(6-4-10)16-13(17)9-19-14(18)8-12-2-1-7-20-12/h1-7H,8-9H2,(H,16,17). The van der Waals surface area contributed by atoms with E-state index in [9.17, 15) is 14.0 Å². The Morgan fingerprint density at radius 1 is 1.20 bits per heavy atom. The molecule has 0 atom stereocenters. The van der Waals surface area contributed by atoms with Crippen LogP contribution < -0.4 is 5.32 Å². The fraction of sp³-hybridized carbons (Fsp3) is 0.143. The molecule has 0 spiro atoms. The molecule has 2 aromatic rings. The molecule has 20 heavy (non-hydrogen) atoms. The van der Waals surface area contributed by atoms with Gasteiger partial charge in [0.1, 0.15) is 5.82 Å². The summed E-state index contributed by atoms with van der Waals surface area (Å²) in [5.41, 5.74) is 0.450. The minimum atomic E-state index is -0.462. The number of thiophene rings is 1. The third kappa shape index (κ3) is 4.47. The number of amides is 1. The summed E-state index contributed by atoms with van der Waals surface area (Å²) < 4.78 is 17.5. The van der Waals surface area contributed by atoms with Gasteiger partial charge in [-0.3, -0.25) is 9.59 Å². The van der Waals surface area contributed by atoms with Crippen LogP contribution in [-0.4, -0.2) is 18.5 Å². The molecule has 0 unspecified atom stereocenters. The van der Waals surface area contributed by atoms with E-state index >= 15 is 0 Å². The molecule has 2 rings (SSSR count). The maximum Gasteiger partial charge on any atom is 0.311 e. The number of hydrogen-bond acceptors (Lipinski definition) is 4. The number of hydrogen-bond donors (Lipinski definition) is 1. The molecule has 1 aromatic carbocycles. The number of benzene rings is 1. The van der Waals surface area contributed by atoms with E-state index in [1.165, 1.54) is 35.6 Å². The third-order valence-corrected chi connectivity index (χ3v) is 3.27. The summed E-state index contributed by atoms with van der Waals surface area (Å²) in [6.45, 7) is -0.360. The van der Waals surface area contributed by atoms with Crippen LogP contribution in [0.15, 0.2) is 41.8 Å². The molecule has 4 nitrogen and oxygen atoms in total. The zero-order valence-corrected chi connectivity index (χ0v) is 11.3. The van der Waals surface area contributed by atoms with Crippen LogP contribution in [0, 0.1) is 5.82 Å². The molecule has 0 aliphatic rings. The number of rotatable bonds is 5. The number of nitrogens with one attached hydrogen (secondary N) is 1. The smallest absolute Gasteiger partial charge is 0.311 e. The van der Waals surface area contributed by atoms with Crippen LogP contribution in [0.3, 0.4) is 0 Å². The fourth-order valence-electron chi connectivity index (χ4n) is 1.48. The van der Waals surface area contributed by atoms with Crippen molar-refractivity contribution in [2.75, 3.05) is 11.9 Å². The molecule has 0 saturated heterocycles. The Balaban J connectivity index is 1.74. The summed E-state index contributed by atoms with van der Waals surface area (Å²) in [5.74, 6) is -1.30. The Bertz CT molecular complexity index is 581. The lowest BCUT2D eigenvalue weighted by atomic mass is 10.3. The Hall–Kier alpha value is -2.21. The van der Waals surface area contributed by atoms with Gasteiger partial charge in [-0.05, 0) is 35.7 Å². The van der Waals surface area contributed by atoms with Crippen LogP contribution in [-0.2, 0) is 20.7 Å². The molecule has 0 fully saturated rings. The number of carbonyl (C=O) groups excluding carboxylic acids is 2. The molecule has 0 aliphatic heterocycles. The Kier molecular flexibility index (Phi) is 4.84. The summed E-state index contributed by atoms with van der Waals surface area (Å²) in [6.07, 6.45) is 0.154. The average Bonchev–Trinajstić information content (AvgIpc) is 2.92. The van der Waals surface area contributed by atoms with E-state index < -0.39 is 11.9 Å². The van der Waals surface area contributed by atoms with Crippen LogP contribution >= 0.6 is 11.3 Å². The van der Waals surface area contributed by atoms with Gasteiger partial charge in [0.25, 0.3) is 5.91 Å². The van der Waals surface area contributed by atoms with Crippen molar-refractivity contribution in [2.45, 2.75) is 6.42 Å². The van der Waals surface area contributed by atoms with Crippen molar-refractivity contribution >= 4 is 28.9 Å². The van der Waals surface area contributed by atoms with Crippen molar-refractivity contribution in [1.82, 2.24) is 0 Å². The van der Waals surface area contributed by atoms with Crippen LogP contribution in [0.25, 0.3) is 0 Å². The Morgan fingerprint density at radius 3 is 2.60 bits per heavy atom. The zero-order chi connectivity index (χ0) is 14.4. The number of halogens is 1. The molecule has 0 aliphatic carbocycles. The van der Waals surface area contributed by atoms with Crippen molar-refractivity contribution in [2.24, 2.45) is 0 Å². The molecule has 1 aromatic heterocycles. The molecule has 0 saturated carbocycles. The second kappa shape index (κ2) is 6.81. The van der Waals surface area contributed by atoms with Gasteiger partial charge < -0.3 is 10.1 Å². The third-order valence-electron chi connectivity index (χ3n) is 2.39. The Labute approximate surface area is 119 Å². The summed E-state index contributed by atoms with van der Waals surface area (Å²) in [5, 5.41) is 4.37. The SMILES string of the molecule is O=C(COC(=O)Cc1cccs1)Nc1ccc(F)cc1. The van der Waals surface area contributed by atoms with Crippen molar-refractivity contribution in [3.63, 3.8) is 0 Å². The number of anilines is 1. The van der Waals surface area contributed by atoms with Gasteiger partial charge in [0.15, 0.2) is 6.61 Å². The summed E-state index contributed by atoms with van der Waals surface area (Å²) in [6, 6.07) is 9.00. The lowest BCUT2D eigenvalue weighted by Gasteiger charge is -2.06. The first-order valence-electron chi connectivity index (χ1n) is 5.87. The van der Waals surface area contributed by atoms with E-state index in [-0.39, 0.29) is 18.8 Å².